The third-order valence-electron chi connectivity index (χ3n) is 6.42. The molecule has 2 heterocycles. The van der Waals surface area contributed by atoms with Crippen LogP contribution in [0.5, 0.6) is 11.5 Å². The summed E-state index contributed by atoms with van der Waals surface area (Å²) in [6.45, 7) is 5.39. The van der Waals surface area contributed by atoms with E-state index in [1.165, 1.54) is 22.0 Å². The number of ether oxygens (including phenoxy) is 2. The van der Waals surface area contributed by atoms with Crippen LogP contribution in [-0.2, 0) is 13.0 Å². The summed E-state index contributed by atoms with van der Waals surface area (Å²) in [6.07, 6.45) is 4.58. The number of hydrogen-bond donors (Lipinski definition) is 2. The first-order valence-electron chi connectivity index (χ1n) is 10.7. The molecule has 0 radical (unpaired) electrons. The maximum atomic E-state index is 12.9. The van der Waals surface area contributed by atoms with Gasteiger partial charge in [0.25, 0.3) is 5.91 Å². The lowest BCUT2D eigenvalue weighted by Crippen LogP contribution is -2.40. The predicted octanol–water partition coefficient (Wildman–Crippen LogP) is 4.19. The van der Waals surface area contributed by atoms with Crippen molar-refractivity contribution in [1.82, 2.24) is 9.88 Å². The van der Waals surface area contributed by atoms with Crippen molar-refractivity contribution < 1.29 is 14.3 Å². The van der Waals surface area contributed by atoms with Gasteiger partial charge in [-0.25, -0.2) is 0 Å². The van der Waals surface area contributed by atoms with E-state index in [-0.39, 0.29) is 11.4 Å². The zero-order valence-corrected chi connectivity index (χ0v) is 18.7. The first-order chi connectivity index (χ1) is 14.8. The van der Waals surface area contributed by atoms with Gasteiger partial charge in [0.1, 0.15) is 0 Å². The second-order valence-electron chi connectivity index (χ2n) is 8.81. The van der Waals surface area contributed by atoms with Crippen LogP contribution in [0, 0.1) is 6.92 Å². The molecule has 2 aromatic carbocycles. The summed E-state index contributed by atoms with van der Waals surface area (Å²) in [5.74, 6) is 1.25. The van der Waals surface area contributed by atoms with Crippen LogP contribution >= 0.6 is 0 Å². The normalized spacial score (nSPS) is 15.3. The Kier molecular flexibility index (Phi) is 5.67. The largest absolute Gasteiger partial charge is 0.493 e. The molecule has 0 saturated heterocycles. The van der Waals surface area contributed by atoms with E-state index in [1.807, 2.05) is 11.0 Å². The standard InChI is InChI=1S/C25H31N3O3/c1-16-6-5-7-19-17(14-27-23(16)19)8-9-25(2,26)10-11-28-15-18-12-21(30-3)22(31-4)13-20(18)24(28)29/h5-7,12-14,27H,8-11,15,26H2,1-4H3. The molecule has 0 fully saturated rings. The highest BCUT2D eigenvalue weighted by Gasteiger charge is 2.31. The second-order valence-corrected chi connectivity index (χ2v) is 8.81. The zero-order valence-electron chi connectivity index (χ0n) is 18.7. The Bertz CT molecular complexity index is 1120. The smallest absolute Gasteiger partial charge is 0.254 e. The lowest BCUT2D eigenvalue weighted by molar-refractivity contribution is 0.0766. The van der Waals surface area contributed by atoms with Crippen LogP contribution in [0.2, 0.25) is 0 Å². The molecule has 3 aromatic rings. The van der Waals surface area contributed by atoms with Gasteiger partial charge < -0.3 is 25.1 Å². The number of benzene rings is 2. The van der Waals surface area contributed by atoms with Crippen LogP contribution < -0.4 is 15.2 Å². The molecule has 1 aliphatic heterocycles. The Labute approximate surface area is 183 Å². The third-order valence-corrected chi connectivity index (χ3v) is 6.42. The fourth-order valence-electron chi connectivity index (χ4n) is 4.39. The quantitative estimate of drug-likeness (QED) is 0.572. The van der Waals surface area contributed by atoms with Gasteiger partial charge in [0.05, 0.1) is 14.2 Å². The minimum absolute atomic E-state index is 0.0267. The number of hydrogen-bond acceptors (Lipinski definition) is 4. The molecule has 31 heavy (non-hydrogen) atoms. The van der Waals surface area contributed by atoms with Gasteiger partial charge in [0, 0.05) is 41.3 Å². The molecule has 0 bridgehead atoms. The number of amides is 1. The Hall–Kier alpha value is -2.99. The van der Waals surface area contributed by atoms with Crippen LogP contribution in [0.3, 0.4) is 0 Å². The van der Waals surface area contributed by atoms with Crippen molar-refractivity contribution >= 4 is 16.8 Å². The summed E-state index contributed by atoms with van der Waals surface area (Å²) in [7, 11) is 3.18. The molecule has 1 amide bonds. The number of nitrogens with two attached hydrogens (primary N) is 1. The van der Waals surface area contributed by atoms with Crippen LogP contribution in [0.4, 0.5) is 0 Å². The summed E-state index contributed by atoms with van der Waals surface area (Å²) >= 11 is 0. The Morgan fingerprint density at radius 2 is 1.90 bits per heavy atom. The molecule has 1 unspecified atom stereocenters. The molecule has 3 N–H and O–H groups in total. The third kappa shape index (κ3) is 4.12. The molecule has 0 spiro atoms. The lowest BCUT2D eigenvalue weighted by Gasteiger charge is -2.27. The van der Waals surface area contributed by atoms with Crippen LogP contribution in [0.1, 0.15) is 46.8 Å². The molecular formula is C25H31N3O3. The van der Waals surface area contributed by atoms with Crippen molar-refractivity contribution in [2.75, 3.05) is 20.8 Å². The molecule has 0 aliphatic carbocycles. The highest BCUT2D eigenvalue weighted by Crippen LogP contribution is 2.35. The minimum atomic E-state index is -0.363. The van der Waals surface area contributed by atoms with Gasteiger partial charge in [-0.2, -0.15) is 0 Å². The van der Waals surface area contributed by atoms with Gasteiger partial charge in [-0.3, -0.25) is 4.79 Å². The molecule has 4 rings (SSSR count). The van der Waals surface area contributed by atoms with E-state index in [4.69, 9.17) is 15.2 Å². The molecule has 1 aromatic heterocycles. The number of nitrogens with one attached hydrogen (secondary N) is 1. The molecular weight excluding hydrogens is 390 g/mol. The van der Waals surface area contributed by atoms with Gasteiger partial charge in [-0.15, -0.1) is 0 Å². The molecule has 6 heteroatoms. The minimum Gasteiger partial charge on any atom is -0.493 e. The highest BCUT2D eigenvalue weighted by atomic mass is 16.5. The summed E-state index contributed by atoms with van der Waals surface area (Å²) in [5, 5.41) is 1.27. The first-order valence-corrected chi connectivity index (χ1v) is 10.7. The van der Waals surface area contributed by atoms with Crippen molar-refractivity contribution in [3.8, 4) is 11.5 Å². The summed E-state index contributed by atoms with van der Waals surface area (Å²) in [5.41, 5.74) is 11.7. The van der Waals surface area contributed by atoms with Crippen molar-refractivity contribution in [1.29, 1.82) is 0 Å². The van der Waals surface area contributed by atoms with E-state index in [0.717, 1.165) is 24.8 Å². The first kappa shape index (κ1) is 21.2. The lowest BCUT2D eigenvalue weighted by atomic mass is 9.90. The number of carbonyl (C=O) groups is 1. The SMILES string of the molecule is COc1cc2c(cc1OC)C(=O)N(CCC(C)(N)CCc1c[nH]c3c(C)cccc13)C2. The fraction of sp³-hybridized carbons (Fsp3) is 0.400. The Balaban J connectivity index is 1.39. The van der Waals surface area contributed by atoms with Gasteiger partial charge in [-0.1, -0.05) is 18.2 Å². The number of nitrogens with zero attached hydrogens (tertiary/aromatic N) is 1. The van der Waals surface area contributed by atoms with Crippen LogP contribution in [0.25, 0.3) is 10.9 Å². The average Bonchev–Trinajstić information content (AvgIpc) is 3.31. The van der Waals surface area contributed by atoms with E-state index >= 15 is 0 Å². The number of aromatic nitrogens is 1. The second kappa shape index (κ2) is 8.27. The number of H-pyrrole nitrogens is 1. The number of aromatic amines is 1. The van der Waals surface area contributed by atoms with E-state index in [0.29, 0.717) is 30.2 Å². The summed E-state index contributed by atoms with van der Waals surface area (Å²) < 4.78 is 10.7. The van der Waals surface area contributed by atoms with Gasteiger partial charge in [0.15, 0.2) is 11.5 Å². The number of fused-ring (bicyclic) bond motifs is 2. The van der Waals surface area contributed by atoms with E-state index in [9.17, 15) is 4.79 Å². The van der Waals surface area contributed by atoms with Gasteiger partial charge >= 0.3 is 0 Å². The number of carbonyl (C=O) groups excluding carboxylic acids is 1. The van der Waals surface area contributed by atoms with Crippen molar-refractivity contribution in [2.24, 2.45) is 5.73 Å². The number of methoxy groups -OCH3 is 2. The molecule has 6 nitrogen and oxygen atoms in total. The topological polar surface area (TPSA) is 80.6 Å². The summed E-state index contributed by atoms with van der Waals surface area (Å²) in [4.78, 5) is 18.1. The van der Waals surface area contributed by atoms with Gasteiger partial charge in [0.2, 0.25) is 0 Å². The van der Waals surface area contributed by atoms with E-state index in [1.54, 1.807) is 20.3 Å². The maximum Gasteiger partial charge on any atom is 0.254 e. The molecule has 164 valence electrons. The zero-order chi connectivity index (χ0) is 22.2. The molecule has 0 saturated carbocycles. The van der Waals surface area contributed by atoms with E-state index < -0.39 is 0 Å². The number of rotatable bonds is 8. The number of aryl methyl sites for hydroxylation is 2. The predicted molar refractivity (Wildman–Crippen MR) is 123 cm³/mol. The van der Waals surface area contributed by atoms with Crippen LogP contribution in [0.15, 0.2) is 36.5 Å². The van der Waals surface area contributed by atoms with Crippen LogP contribution in [-0.4, -0.2) is 42.1 Å². The molecule has 1 atom stereocenters. The average molecular weight is 422 g/mol. The molecule has 1 aliphatic rings. The highest BCUT2D eigenvalue weighted by molar-refractivity contribution is 5.99. The van der Waals surface area contributed by atoms with E-state index in [2.05, 4.69) is 43.2 Å². The maximum absolute atomic E-state index is 12.9. The van der Waals surface area contributed by atoms with Crippen molar-refractivity contribution in [3.63, 3.8) is 0 Å². The monoisotopic (exact) mass is 421 g/mol. The fourth-order valence-corrected chi connectivity index (χ4v) is 4.39. The van der Waals surface area contributed by atoms with Crippen molar-refractivity contribution in [3.05, 3.63) is 58.8 Å². The number of para-hydroxylation sites is 1. The Morgan fingerprint density at radius 3 is 2.65 bits per heavy atom. The summed E-state index contributed by atoms with van der Waals surface area (Å²) in [6, 6.07) is 10.0. The van der Waals surface area contributed by atoms with Gasteiger partial charge in [-0.05, 0) is 61.9 Å². The van der Waals surface area contributed by atoms with Crippen molar-refractivity contribution in [2.45, 2.75) is 45.2 Å². The Morgan fingerprint density at radius 1 is 1.16 bits per heavy atom.